The molecule has 0 unspecified atom stereocenters. The Kier molecular flexibility index (Phi) is 2.03. The van der Waals surface area contributed by atoms with E-state index in [-0.39, 0.29) is 0 Å². The van der Waals surface area contributed by atoms with Crippen molar-refractivity contribution in [2.75, 3.05) is 13.1 Å². The number of piperidine rings is 1. The van der Waals surface area contributed by atoms with Gasteiger partial charge in [-0.05, 0) is 25.7 Å². The molecule has 2 rings (SSSR count). The molecule has 2 fully saturated rings. The summed E-state index contributed by atoms with van der Waals surface area (Å²) in [6, 6.07) is 0. The molecule has 2 nitrogen and oxygen atoms in total. The Morgan fingerprint density at radius 3 is 2.25 bits per heavy atom. The number of nitrogens with one attached hydrogen (secondary N) is 1. The molecule has 1 aliphatic heterocycles. The lowest BCUT2D eigenvalue weighted by atomic mass is 10.1. The van der Waals surface area contributed by atoms with Gasteiger partial charge in [0.2, 0.25) is 0 Å². The monoisotopic (exact) mass is 170 g/mol. The van der Waals surface area contributed by atoms with E-state index in [9.17, 15) is 4.39 Å². The number of nitrogens with zero attached hydrogens (tertiary/aromatic N) is 1. The summed E-state index contributed by atoms with van der Waals surface area (Å²) in [7, 11) is 0. The molecule has 1 N–H and O–H groups in total. The quantitative estimate of drug-likeness (QED) is 0.471. The largest absolute Gasteiger partial charge is 0.360 e. The van der Waals surface area contributed by atoms with Gasteiger partial charge in [0.1, 0.15) is 6.17 Å². The fourth-order valence-corrected chi connectivity index (χ4v) is 1.70. The van der Waals surface area contributed by atoms with E-state index in [0.29, 0.717) is 18.8 Å². The molecule has 1 heterocycles. The Labute approximate surface area is 72.3 Å². The molecule has 1 saturated carbocycles. The zero-order chi connectivity index (χ0) is 8.55. The number of halogens is 1. The zero-order valence-electron chi connectivity index (χ0n) is 7.22. The summed E-state index contributed by atoms with van der Waals surface area (Å²) in [5, 5.41) is 7.77. The lowest BCUT2D eigenvalue weighted by Gasteiger charge is -2.30. The van der Waals surface area contributed by atoms with Gasteiger partial charge in [0.05, 0.1) is 5.84 Å². The highest BCUT2D eigenvalue weighted by Gasteiger charge is 2.31. The number of likely N-dealkylation sites (tertiary alicyclic amines) is 1. The minimum Gasteiger partial charge on any atom is -0.360 e. The average Bonchev–Trinajstić information content (AvgIpc) is 2.87. The molecule has 0 spiro atoms. The topological polar surface area (TPSA) is 27.1 Å². The van der Waals surface area contributed by atoms with Gasteiger partial charge in [0, 0.05) is 19.0 Å². The number of hydrogen-bond acceptors (Lipinski definition) is 1. The second-order valence-corrected chi connectivity index (χ2v) is 3.82. The number of rotatable bonds is 1. The minimum absolute atomic E-state index is 0.515. The van der Waals surface area contributed by atoms with Crippen molar-refractivity contribution in [3.8, 4) is 0 Å². The van der Waals surface area contributed by atoms with Crippen LogP contribution in [0.1, 0.15) is 25.7 Å². The summed E-state index contributed by atoms with van der Waals surface area (Å²) in [6.45, 7) is 1.52. The van der Waals surface area contributed by atoms with Crippen LogP contribution < -0.4 is 0 Å². The first-order valence-corrected chi connectivity index (χ1v) is 4.75. The second kappa shape index (κ2) is 3.04. The molecule has 1 saturated heterocycles. The molecule has 0 aromatic carbocycles. The maximum absolute atomic E-state index is 12.7. The van der Waals surface area contributed by atoms with E-state index in [1.807, 2.05) is 4.90 Å². The number of hydrogen-bond donors (Lipinski definition) is 1. The van der Waals surface area contributed by atoms with Crippen LogP contribution >= 0.6 is 0 Å². The molecule has 0 amide bonds. The van der Waals surface area contributed by atoms with Crippen molar-refractivity contribution in [1.82, 2.24) is 4.90 Å². The second-order valence-electron chi connectivity index (χ2n) is 3.82. The zero-order valence-corrected chi connectivity index (χ0v) is 7.22. The molecule has 0 aromatic rings. The SMILES string of the molecule is N=C(C1CC1)N1CCC(F)CC1. The molecule has 0 atom stereocenters. The van der Waals surface area contributed by atoms with Crippen LogP contribution in [0.2, 0.25) is 0 Å². The van der Waals surface area contributed by atoms with E-state index in [1.54, 1.807) is 0 Å². The van der Waals surface area contributed by atoms with E-state index in [1.165, 1.54) is 12.8 Å². The smallest absolute Gasteiger partial charge is 0.103 e. The lowest BCUT2D eigenvalue weighted by molar-refractivity contribution is 0.201. The Hall–Kier alpha value is -0.600. The summed E-state index contributed by atoms with van der Waals surface area (Å²) in [5.74, 6) is 1.28. The number of alkyl halides is 1. The van der Waals surface area contributed by atoms with E-state index in [0.717, 1.165) is 18.9 Å². The third kappa shape index (κ3) is 1.59. The van der Waals surface area contributed by atoms with Crippen LogP contribution in [0.5, 0.6) is 0 Å². The van der Waals surface area contributed by atoms with Crippen LogP contribution in [0.25, 0.3) is 0 Å². The summed E-state index contributed by atoms with van der Waals surface area (Å²) in [5.41, 5.74) is 0. The van der Waals surface area contributed by atoms with Crippen molar-refractivity contribution in [1.29, 1.82) is 5.41 Å². The van der Waals surface area contributed by atoms with Crippen molar-refractivity contribution in [2.24, 2.45) is 5.92 Å². The third-order valence-corrected chi connectivity index (χ3v) is 2.73. The van der Waals surface area contributed by atoms with Gasteiger partial charge in [0.25, 0.3) is 0 Å². The van der Waals surface area contributed by atoms with Gasteiger partial charge in [-0.25, -0.2) is 4.39 Å². The molecule has 1 aliphatic carbocycles. The molecule has 0 aromatic heterocycles. The van der Waals surface area contributed by atoms with E-state index < -0.39 is 6.17 Å². The van der Waals surface area contributed by atoms with E-state index >= 15 is 0 Å². The van der Waals surface area contributed by atoms with Gasteiger partial charge in [-0.1, -0.05) is 0 Å². The van der Waals surface area contributed by atoms with Gasteiger partial charge < -0.3 is 4.90 Å². The molecular weight excluding hydrogens is 155 g/mol. The van der Waals surface area contributed by atoms with Crippen molar-refractivity contribution in [3.63, 3.8) is 0 Å². The van der Waals surface area contributed by atoms with Crippen LogP contribution in [0.4, 0.5) is 4.39 Å². The number of amidine groups is 1. The highest BCUT2D eigenvalue weighted by atomic mass is 19.1. The standard InChI is InChI=1S/C9H15FN2/c10-8-3-5-12(6-4-8)9(11)7-1-2-7/h7-8,11H,1-6H2. The van der Waals surface area contributed by atoms with Gasteiger partial charge in [-0.2, -0.15) is 0 Å². The summed E-state index contributed by atoms with van der Waals surface area (Å²) in [4.78, 5) is 2.05. The summed E-state index contributed by atoms with van der Waals surface area (Å²) in [6.07, 6.45) is 2.97. The molecule has 12 heavy (non-hydrogen) atoms. The molecular formula is C9H15FN2. The predicted molar refractivity (Wildman–Crippen MR) is 46.2 cm³/mol. The van der Waals surface area contributed by atoms with Crippen LogP contribution in [0.3, 0.4) is 0 Å². The first kappa shape index (κ1) is 8.02. The lowest BCUT2D eigenvalue weighted by Crippen LogP contribution is -2.39. The first-order valence-electron chi connectivity index (χ1n) is 4.75. The summed E-state index contributed by atoms with van der Waals surface area (Å²) < 4.78 is 12.7. The van der Waals surface area contributed by atoms with Crippen LogP contribution in [0, 0.1) is 11.3 Å². The van der Waals surface area contributed by atoms with Gasteiger partial charge in [-0.15, -0.1) is 0 Å². The third-order valence-electron chi connectivity index (χ3n) is 2.73. The van der Waals surface area contributed by atoms with Crippen molar-refractivity contribution >= 4 is 5.84 Å². The molecule has 3 heteroatoms. The molecule has 68 valence electrons. The van der Waals surface area contributed by atoms with Crippen molar-refractivity contribution in [2.45, 2.75) is 31.9 Å². The Bertz CT molecular complexity index is 181. The molecule has 2 aliphatic rings. The van der Waals surface area contributed by atoms with Gasteiger partial charge >= 0.3 is 0 Å². The minimum atomic E-state index is -0.617. The van der Waals surface area contributed by atoms with Crippen LogP contribution in [0.15, 0.2) is 0 Å². The van der Waals surface area contributed by atoms with E-state index in [2.05, 4.69) is 0 Å². The van der Waals surface area contributed by atoms with Crippen molar-refractivity contribution in [3.05, 3.63) is 0 Å². The van der Waals surface area contributed by atoms with Crippen molar-refractivity contribution < 1.29 is 4.39 Å². The predicted octanol–water partition coefficient (Wildman–Crippen LogP) is 1.81. The molecule has 0 bridgehead atoms. The van der Waals surface area contributed by atoms with E-state index in [4.69, 9.17) is 5.41 Å². The normalized spacial score (nSPS) is 25.9. The maximum atomic E-state index is 12.7. The average molecular weight is 170 g/mol. The van der Waals surface area contributed by atoms with Gasteiger partial charge in [0.15, 0.2) is 0 Å². The fraction of sp³-hybridized carbons (Fsp3) is 0.889. The first-order chi connectivity index (χ1) is 5.77. The Morgan fingerprint density at radius 2 is 1.75 bits per heavy atom. The highest BCUT2D eigenvalue weighted by molar-refractivity contribution is 5.83. The molecule has 0 radical (unpaired) electrons. The highest BCUT2D eigenvalue weighted by Crippen LogP contribution is 2.32. The van der Waals surface area contributed by atoms with Crippen LogP contribution in [-0.2, 0) is 0 Å². The summed E-state index contributed by atoms with van der Waals surface area (Å²) >= 11 is 0. The Balaban J connectivity index is 1.84. The van der Waals surface area contributed by atoms with Gasteiger partial charge in [-0.3, -0.25) is 5.41 Å². The fourth-order valence-electron chi connectivity index (χ4n) is 1.70. The van der Waals surface area contributed by atoms with Crippen LogP contribution in [-0.4, -0.2) is 30.0 Å². The Morgan fingerprint density at radius 1 is 1.17 bits per heavy atom. The maximum Gasteiger partial charge on any atom is 0.103 e.